The smallest absolute Gasteiger partial charge is 0.420 e. The van der Waals surface area contributed by atoms with Crippen molar-refractivity contribution in [2.45, 2.75) is 98.3 Å². The molecule has 45 heavy (non-hydrogen) atoms. The van der Waals surface area contributed by atoms with Gasteiger partial charge in [0.05, 0.1) is 27.1 Å². The van der Waals surface area contributed by atoms with Gasteiger partial charge in [-0.3, -0.25) is 0 Å². The molecule has 0 radical (unpaired) electrons. The van der Waals surface area contributed by atoms with Crippen molar-refractivity contribution in [2.24, 2.45) is 0 Å². The number of nitrogens with zero attached hydrogens (tertiary/aromatic N) is 7. The van der Waals surface area contributed by atoms with E-state index in [2.05, 4.69) is 16.8 Å². The Labute approximate surface area is 268 Å². The monoisotopic (exact) mass is 633 g/mol. The molecule has 2 amide bonds. The van der Waals surface area contributed by atoms with Gasteiger partial charge in [0, 0.05) is 36.8 Å². The van der Waals surface area contributed by atoms with Crippen LogP contribution in [0.2, 0.25) is 0 Å². The van der Waals surface area contributed by atoms with Crippen molar-refractivity contribution in [2.75, 3.05) is 29.4 Å². The van der Waals surface area contributed by atoms with E-state index in [1.54, 1.807) is 20.8 Å². The summed E-state index contributed by atoms with van der Waals surface area (Å²) in [6.07, 6.45) is 4.26. The number of benzene rings is 1. The number of amides is 2. The lowest BCUT2D eigenvalue weighted by atomic mass is 10.0. The molecule has 2 aliphatic rings. The first-order chi connectivity index (χ1) is 21.2. The van der Waals surface area contributed by atoms with E-state index in [1.165, 1.54) is 0 Å². The van der Waals surface area contributed by atoms with E-state index in [9.17, 15) is 9.59 Å². The van der Waals surface area contributed by atoms with Crippen LogP contribution in [0.3, 0.4) is 0 Å². The summed E-state index contributed by atoms with van der Waals surface area (Å²) in [5.41, 5.74) is 2.92. The van der Waals surface area contributed by atoms with Crippen molar-refractivity contribution in [3.8, 4) is 0 Å². The number of fused-ring (bicyclic) bond motifs is 3. The van der Waals surface area contributed by atoms with E-state index in [4.69, 9.17) is 19.6 Å². The minimum absolute atomic E-state index is 0.0646. The summed E-state index contributed by atoms with van der Waals surface area (Å²) < 4.78 is 14.5. The van der Waals surface area contributed by atoms with E-state index < -0.39 is 17.3 Å². The highest BCUT2D eigenvalue weighted by Crippen LogP contribution is 2.42. The van der Waals surface area contributed by atoms with E-state index in [-0.39, 0.29) is 12.1 Å². The predicted octanol–water partition coefficient (Wildman–Crippen LogP) is 7.05. The molecule has 6 rings (SSSR count). The molecule has 1 fully saturated rings. The zero-order chi connectivity index (χ0) is 32.3. The Morgan fingerprint density at radius 1 is 1.07 bits per heavy atom. The van der Waals surface area contributed by atoms with Gasteiger partial charge in [-0.1, -0.05) is 6.92 Å². The van der Waals surface area contributed by atoms with Gasteiger partial charge in [0.2, 0.25) is 0 Å². The van der Waals surface area contributed by atoms with Crippen LogP contribution < -0.4 is 9.80 Å². The van der Waals surface area contributed by atoms with Crippen LogP contribution in [0.15, 0.2) is 24.4 Å². The van der Waals surface area contributed by atoms with E-state index >= 15 is 0 Å². The van der Waals surface area contributed by atoms with Crippen molar-refractivity contribution in [1.82, 2.24) is 24.5 Å². The minimum atomic E-state index is -0.715. The molecule has 0 saturated carbocycles. The lowest BCUT2D eigenvalue weighted by Gasteiger charge is -2.39. The number of carbonyl (C=O) groups excluding carboxylic acids is 2. The molecule has 0 aliphatic carbocycles. The third-order valence-corrected chi connectivity index (χ3v) is 8.97. The van der Waals surface area contributed by atoms with Crippen LogP contribution in [0.4, 0.5) is 26.9 Å². The molecule has 4 aromatic rings. The second kappa shape index (κ2) is 11.5. The van der Waals surface area contributed by atoms with Gasteiger partial charge in [-0.15, -0.1) is 11.3 Å². The zero-order valence-electron chi connectivity index (χ0n) is 27.5. The highest BCUT2D eigenvalue weighted by molar-refractivity contribution is 7.18. The van der Waals surface area contributed by atoms with Crippen LogP contribution in [0.1, 0.15) is 77.4 Å². The molecular weight excluding hydrogens is 590 g/mol. The number of hydrogen-bond donors (Lipinski definition) is 0. The first kappa shape index (κ1) is 31.1. The summed E-state index contributed by atoms with van der Waals surface area (Å²) in [5, 5.41) is 5.73. The summed E-state index contributed by atoms with van der Waals surface area (Å²) in [5.74, 6) is 1.46. The van der Waals surface area contributed by atoms with E-state index in [0.29, 0.717) is 43.2 Å². The third-order valence-electron chi connectivity index (χ3n) is 8.04. The average Bonchev–Trinajstić information content (AvgIpc) is 3.66. The molecule has 5 heterocycles. The molecule has 240 valence electrons. The van der Waals surface area contributed by atoms with Crippen LogP contribution in [0.5, 0.6) is 0 Å². The molecule has 0 unspecified atom stereocenters. The number of piperidine rings is 1. The Hall–Kier alpha value is -3.93. The first-order valence-corrected chi connectivity index (χ1v) is 16.6. The fourth-order valence-electron chi connectivity index (χ4n) is 6.17. The number of aryl methyl sites for hydroxylation is 2. The van der Waals surface area contributed by atoms with Gasteiger partial charge >= 0.3 is 12.2 Å². The predicted molar refractivity (Wildman–Crippen MR) is 177 cm³/mol. The largest absolute Gasteiger partial charge is 0.444 e. The molecule has 3 aromatic heterocycles. The minimum Gasteiger partial charge on any atom is -0.444 e. The van der Waals surface area contributed by atoms with Crippen molar-refractivity contribution in [1.29, 1.82) is 0 Å². The van der Waals surface area contributed by atoms with Gasteiger partial charge in [0.1, 0.15) is 17.0 Å². The number of thiazole rings is 1. The number of likely N-dealkylation sites (tertiary alicyclic amines) is 1. The van der Waals surface area contributed by atoms with Crippen LogP contribution >= 0.6 is 11.3 Å². The molecule has 1 atom stereocenters. The Balaban J connectivity index is 1.48. The maximum atomic E-state index is 14.2. The number of rotatable bonds is 4. The molecule has 1 aromatic carbocycles. The number of aromatic nitrogens is 4. The molecule has 2 aliphatic heterocycles. The van der Waals surface area contributed by atoms with Crippen LogP contribution in [-0.2, 0) is 22.3 Å². The molecule has 0 spiro atoms. The van der Waals surface area contributed by atoms with Gasteiger partial charge in [-0.05, 0) is 92.3 Å². The van der Waals surface area contributed by atoms with Gasteiger partial charge in [0.15, 0.2) is 11.5 Å². The first-order valence-electron chi connectivity index (χ1n) is 15.8. The van der Waals surface area contributed by atoms with Gasteiger partial charge < -0.3 is 19.3 Å². The SMILES string of the molecule is CCc1cnn2c(N(C(=O)OC(C)(C)C)c3ccc4nc(C)sc4c3)c3c(nc12)N([C@H]1CCCN(C(=O)OC(C)(C)C)C1)CC3. The number of hydrogen-bond acceptors (Lipinski definition) is 9. The fourth-order valence-corrected chi connectivity index (χ4v) is 7.03. The lowest BCUT2D eigenvalue weighted by Crippen LogP contribution is -2.50. The molecule has 1 saturated heterocycles. The summed E-state index contributed by atoms with van der Waals surface area (Å²) in [4.78, 5) is 42.8. The van der Waals surface area contributed by atoms with Crippen LogP contribution in [0, 0.1) is 6.92 Å². The maximum absolute atomic E-state index is 14.2. The summed E-state index contributed by atoms with van der Waals surface area (Å²) in [6, 6.07) is 5.93. The van der Waals surface area contributed by atoms with Crippen molar-refractivity contribution < 1.29 is 19.1 Å². The Morgan fingerprint density at radius 3 is 2.53 bits per heavy atom. The molecular formula is C33H43N7O4S. The second-order valence-corrected chi connectivity index (χ2v) is 15.1. The summed E-state index contributed by atoms with van der Waals surface area (Å²) >= 11 is 1.59. The Kier molecular flexibility index (Phi) is 7.91. The Bertz CT molecular complexity index is 1770. The number of ether oxygens (including phenoxy) is 2. The van der Waals surface area contributed by atoms with Crippen LogP contribution in [-0.4, -0.2) is 73.5 Å². The second-order valence-electron chi connectivity index (χ2n) is 13.9. The molecule has 0 N–H and O–H groups in total. The fraction of sp³-hybridized carbons (Fsp3) is 0.545. The highest BCUT2D eigenvalue weighted by Gasteiger charge is 2.39. The summed E-state index contributed by atoms with van der Waals surface area (Å²) in [7, 11) is 0. The van der Waals surface area contributed by atoms with Crippen molar-refractivity contribution >= 4 is 56.7 Å². The number of carbonyl (C=O) groups is 2. The maximum Gasteiger partial charge on any atom is 0.420 e. The van der Waals surface area contributed by atoms with E-state index in [1.807, 2.05) is 77.8 Å². The average molecular weight is 634 g/mol. The quantitative estimate of drug-likeness (QED) is 0.236. The van der Waals surface area contributed by atoms with Gasteiger partial charge in [0.25, 0.3) is 0 Å². The van der Waals surface area contributed by atoms with Crippen LogP contribution in [0.25, 0.3) is 15.9 Å². The molecule has 0 bridgehead atoms. The third kappa shape index (κ3) is 6.16. The normalized spacial score (nSPS) is 17.2. The number of anilines is 3. The molecule has 12 heteroatoms. The van der Waals surface area contributed by atoms with Gasteiger partial charge in [-0.25, -0.2) is 24.5 Å². The highest BCUT2D eigenvalue weighted by atomic mass is 32.1. The summed E-state index contributed by atoms with van der Waals surface area (Å²) in [6.45, 7) is 17.3. The van der Waals surface area contributed by atoms with Gasteiger partial charge in [-0.2, -0.15) is 9.61 Å². The lowest BCUT2D eigenvalue weighted by molar-refractivity contribution is 0.0198. The standard InChI is InChI=1S/C33H43N7O4S/c1-9-21-18-34-40-27(21)36-28-24(14-16-38(28)23-11-10-15-37(19-23)30(41)43-32(3,4)5)29(40)39(31(42)44-33(6,7)8)22-12-13-25-26(17-22)45-20(2)35-25/h12-13,17-18,23H,9-11,14-16,19H2,1-8H3/t23-/m0/s1. The Morgan fingerprint density at radius 2 is 1.82 bits per heavy atom. The zero-order valence-corrected chi connectivity index (χ0v) is 28.3. The van der Waals surface area contributed by atoms with Crippen molar-refractivity contribution in [3.63, 3.8) is 0 Å². The topological polar surface area (TPSA) is 105 Å². The van der Waals surface area contributed by atoms with Crippen molar-refractivity contribution in [3.05, 3.63) is 40.5 Å². The van der Waals surface area contributed by atoms with E-state index in [0.717, 1.165) is 51.4 Å². The molecule has 11 nitrogen and oxygen atoms in total.